The third-order valence-corrected chi connectivity index (χ3v) is 7.34. The fraction of sp³-hybridized carbons (Fsp3) is 0.690. The van der Waals surface area contributed by atoms with Crippen LogP contribution in [0.4, 0.5) is 0 Å². The van der Waals surface area contributed by atoms with Crippen molar-refractivity contribution in [1.29, 1.82) is 0 Å². The molecule has 9 nitrogen and oxygen atoms in total. The largest absolute Gasteiger partial charge is 0.662 e. The van der Waals surface area contributed by atoms with Crippen LogP contribution in [0.2, 0.25) is 0 Å². The smallest absolute Gasteiger partial charge is 0.339 e. The molecule has 1 radical (unpaired) electrons. The quantitative estimate of drug-likeness (QED) is 0.229. The summed E-state index contributed by atoms with van der Waals surface area (Å²) in [6, 6.07) is 2.12. The SMILES string of the molecule is CCOC(=O)c1cc(C(=O)OCC)c2nc1C[N-]C1CCCCC1[N-]CC[N-][C@@H]1CCCC[C@H]1[N-]C2.[CH3-].[CH3-].[Mn]. The number of carbonyl (C=O) groups excluding carboxylic acids is 2. The van der Waals surface area contributed by atoms with Gasteiger partial charge in [0.1, 0.15) is 0 Å². The second-order valence-corrected chi connectivity index (χ2v) is 9.75. The zero-order chi connectivity index (χ0) is 25.3. The number of fused-ring (bicyclic) bond motifs is 4. The molecule has 0 N–H and O–H groups in total. The molecular formula is C29H45MnN5O4-6. The predicted octanol–water partition coefficient (Wildman–Crippen LogP) is 6.46. The van der Waals surface area contributed by atoms with Crippen LogP contribution in [-0.2, 0) is 39.6 Å². The first-order valence-corrected chi connectivity index (χ1v) is 13.6. The standard InChI is InChI=1S/C27H39N5O4.2CH3.Mn/c1-3-35-26(33)18-15-19(27(34)36-4-2)25-17-31-23-12-8-6-10-21(23)29-14-13-28-20-9-5-7-11-22(20)30-16-24(18)32-25;;;/h15,20-23H,3-14,16-17H2,1-2H3;2*1H3;/q-4;2*-1;/t20-,21?,22-,23?;;;/m1.../s1. The summed E-state index contributed by atoms with van der Waals surface area (Å²) in [5.74, 6) is -1.00. The van der Waals surface area contributed by atoms with Crippen molar-refractivity contribution < 1.29 is 36.1 Å². The average Bonchev–Trinajstić information content (AvgIpc) is 2.89. The summed E-state index contributed by atoms with van der Waals surface area (Å²) >= 11 is 0. The molecule has 0 saturated heterocycles. The minimum absolute atomic E-state index is 0. The first-order valence-electron chi connectivity index (χ1n) is 13.6. The Labute approximate surface area is 246 Å². The molecule has 0 amide bonds. The number of hydrogen-bond donors (Lipinski definition) is 0. The van der Waals surface area contributed by atoms with E-state index in [2.05, 4.69) is 0 Å². The van der Waals surface area contributed by atoms with Gasteiger partial charge in [-0.05, 0) is 19.9 Å². The second-order valence-electron chi connectivity index (χ2n) is 9.75. The number of ether oxygens (including phenoxy) is 2. The molecule has 1 aliphatic heterocycles. The molecule has 3 aliphatic rings. The van der Waals surface area contributed by atoms with Gasteiger partial charge in [-0.3, -0.25) is 4.98 Å². The zero-order valence-corrected chi connectivity index (χ0v) is 25.2. The van der Waals surface area contributed by atoms with Gasteiger partial charge < -0.3 is 45.6 Å². The molecule has 39 heavy (non-hydrogen) atoms. The minimum Gasteiger partial charge on any atom is -0.662 e. The van der Waals surface area contributed by atoms with E-state index in [0.717, 1.165) is 51.4 Å². The molecule has 4 atom stereocenters. The van der Waals surface area contributed by atoms with Crippen molar-refractivity contribution in [3.63, 3.8) is 0 Å². The van der Waals surface area contributed by atoms with E-state index in [4.69, 9.17) is 35.7 Å². The van der Waals surface area contributed by atoms with Crippen molar-refractivity contribution in [2.24, 2.45) is 0 Å². The Kier molecular flexibility index (Phi) is 16.4. The van der Waals surface area contributed by atoms with Crippen LogP contribution in [0.15, 0.2) is 6.07 Å². The fourth-order valence-electron chi connectivity index (χ4n) is 5.50. The molecule has 1 aromatic heterocycles. The first-order chi connectivity index (χ1) is 17.6. The molecule has 1 aromatic rings. The van der Waals surface area contributed by atoms with E-state index in [1.165, 1.54) is 0 Å². The van der Waals surface area contributed by atoms with E-state index in [9.17, 15) is 9.59 Å². The molecular weight excluding hydrogens is 537 g/mol. The molecule has 0 spiro atoms. The summed E-state index contributed by atoms with van der Waals surface area (Å²) in [4.78, 5) is 30.6. The van der Waals surface area contributed by atoms with Crippen LogP contribution in [0.1, 0.15) is 97.3 Å². The van der Waals surface area contributed by atoms with Crippen LogP contribution in [-0.4, -0.2) is 67.4 Å². The maximum absolute atomic E-state index is 12.9. The number of hydrogen-bond acceptors (Lipinski definition) is 5. The monoisotopic (exact) mass is 582 g/mol. The van der Waals surface area contributed by atoms with Gasteiger partial charge in [0.15, 0.2) is 0 Å². The van der Waals surface area contributed by atoms with Crippen molar-refractivity contribution in [2.45, 2.75) is 102 Å². The van der Waals surface area contributed by atoms with Crippen LogP contribution >= 0.6 is 0 Å². The van der Waals surface area contributed by atoms with Crippen LogP contribution in [0.25, 0.3) is 21.3 Å². The second kappa shape index (κ2) is 18.0. The third-order valence-electron chi connectivity index (χ3n) is 7.34. The Morgan fingerprint density at radius 2 is 1.08 bits per heavy atom. The Balaban J connectivity index is 0.00000253. The van der Waals surface area contributed by atoms with Crippen LogP contribution in [0.5, 0.6) is 0 Å². The summed E-state index contributed by atoms with van der Waals surface area (Å²) in [6.45, 7) is 5.97. The molecule has 2 fully saturated rings. The van der Waals surface area contributed by atoms with Gasteiger partial charge in [0, 0.05) is 28.5 Å². The van der Waals surface area contributed by atoms with Gasteiger partial charge in [0.2, 0.25) is 0 Å². The maximum Gasteiger partial charge on any atom is 0.339 e. The molecule has 223 valence electrons. The molecule has 2 bridgehead atoms. The molecule has 2 heterocycles. The topological polar surface area (TPSA) is 122 Å². The molecule has 2 saturated carbocycles. The normalized spacial score (nSPS) is 25.4. The first kappa shape index (κ1) is 35.5. The van der Waals surface area contributed by atoms with E-state index >= 15 is 0 Å². The van der Waals surface area contributed by atoms with Gasteiger partial charge in [0.25, 0.3) is 0 Å². The average molecular weight is 583 g/mol. The predicted molar refractivity (Wildman–Crippen MR) is 152 cm³/mol. The number of rotatable bonds is 4. The zero-order valence-electron chi connectivity index (χ0n) is 24.0. The van der Waals surface area contributed by atoms with Crippen molar-refractivity contribution in [3.05, 3.63) is 64.7 Å². The Morgan fingerprint density at radius 1 is 0.718 bits per heavy atom. The van der Waals surface area contributed by atoms with Crippen molar-refractivity contribution in [3.8, 4) is 0 Å². The van der Waals surface area contributed by atoms with Crippen molar-refractivity contribution in [1.82, 2.24) is 4.98 Å². The van der Waals surface area contributed by atoms with Crippen LogP contribution in [0.3, 0.4) is 0 Å². The van der Waals surface area contributed by atoms with E-state index < -0.39 is 11.9 Å². The summed E-state index contributed by atoms with van der Waals surface area (Å²) in [5, 5.41) is 19.9. The molecule has 10 heteroatoms. The van der Waals surface area contributed by atoms with E-state index in [0.29, 0.717) is 24.5 Å². The number of pyridine rings is 1. The van der Waals surface area contributed by atoms with Crippen LogP contribution in [0, 0.1) is 14.9 Å². The summed E-state index contributed by atoms with van der Waals surface area (Å²) < 4.78 is 10.6. The van der Waals surface area contributed by atoms with Crippen molar-refractivity contribution in [2.75, 3.05) is 26.3 Å². The number of nitrogens with zero attached hydrogens (tertiary/aromatic N) is 5. The van der Waals surface area contributed by atoms with Gasteiger partial charge in [0.05, 0.1) is 24.3 Å². The Hall–Kier alpha value is -1.55. The summed E-state index contributed by atoms with van der Waals surface area (Å²) in [5.41, 5.74) is 1.59. The van der Waals surface area contributed by atoms with E-state index in [1.54, 1.807) is 19.9 Å². The van der Waals surface area contributed by atoms with Gasteiger partial charge in [-0.2, -0.15) is 37.3 Å². The summed E-state index contributed by atoms with van der Waals surface area (Å²) in [6.07, 6.45) is 8.58. The van der Waals surface area contributed by atoms with Gasteiger partial charge >= 0.3 is 11.9 Å². The maximum atomic E-state index is 12.9. The molecule has 0 aromatic carbocycles. The number of esters is 2. The molecule has 2 unspecified atom stereocenters. The minimum atomic E-state index is -0.502. The Bertz CT molecular complexity index is 835. The summed E-state index contributed by atoms with van der Waals surface area (Å²) in [7, 11) is 0. The third kappa shape index (κ3) is 9.51. The fourth-order valence-corrected chi connectivity index (χ4v) is 5.50. The molecule has 2 aliphatic carbocycles. The Morgan fingerprint density at radius 3 is 1.44 bits per heavy atom. The molecule has 4 rings (SSSR count). The van der Waals surface area contributed by atoms with Crippen molar-refractivity contribution >= 4 is 11.9 Å². The van der Waals surface area contributed by atoms with Crippen LogP contribution < -0.4 is 0 Å². The van der Waals surface area contributed by atoms with Gasteiger partial charge in [-0.1, -0.05) is 51.4 Å². The number of aromatic nitrogens is 1. The van der Waals surface area contributed by atoms with E-state index in [1.807, 2.05) is 0 Å². The van der Waals surface area contributed by atoms with Gasteiger partial charge in [-0.25, -0.2) is 9.59 Å². The van der Waals surface area contributed by atoms with Gasteiger partial charge in [-0.15, -0.1) is 13.1 Å². The number of carbonyl (C=O) groups is 2. The van der Waals surface area contributed by atoms with E-state index in [-0.39, 0.29) is 93.5 Å².